The van der Waals surface area contributed by atoms with Crippen LogP contribution in [-0.4, -0.2) is 20.2 Å². The highest BCUT2D eigenvalue weighted by atomic mass is 32.2. The quantitative estimate of drug-likeness (QED) is 0.823. The van der Waals surface area contributed by atoms with Crippen molar-refractivity contribution in [3.8, 4) is 0 Å². The molecule has 0 spiro atoms. The summed E-state index contributed by atoms with van der Waals surface area (Å²) in [5, 5.41) is 3.07. The molecule has 0 radical (unpaired) electrons. The Hall–Kier alpha value is -1.03. The van der Waals surface area contributed by atoms with Gasteiger partial charge in [0.2, 0.25) is 0 Å². The molecule has 0 amide bonds. The van der Waals surface area contributed by atoms with Gasteiger partial charge in [0.15, 0.2) is 0 Å². The molecule has 0 aliphatic heterocycles. The summed E-state index contributed by atoms with van der Waals surface area (Å²) >= 11 is 1.94. The molecule has 1 saturated carbocycles. The molecule has 1 aliphatic carbocycles. The van der Waals surface area contributed by atoms with E-state index in [4.69, 9.17) is 0 Å². The van der Waals surface area contributed by atoms with Crippen molar-refractivity contribution in [3.63, 3.8) is 0 Å². The molecule has 3 nitrogen and oxygen atoms in total. The van der Waals surface area contributed by atoms with Crippen molar-refractivity contribution in [2.24, 2.45) is 0 Å². The third-order valence-corrected chi connectivity index (χ3v) is 4.71. The van der Waals surface area contributed by atoms with Crippen molar-refractivity contribution in [1.29, 1.82) is 0 Å². The smallest absolute Gasteiger partial charge is 0.142 e. The molecule has 0 unspecified atom stereocenters. The van der Waals surface area contributed by atoms with E-state index >= 15 is 0 Å². The molecular weight excluding hydrogens is 230 g/mol. The van der Waals surface area contributed by atoms with E-state index in [1.165, 1.54) is 37.5 Å². The first-order chi connectivity index (χ1) is 8.33. The normalized spacial score (nSPS) is 17.7. The molecule has 90 valence electrons. The van der Waals surface area contributed by atoms with Crippen LogP contribution in [0, 0.1) is 6.92 Å². The van der Waals surface area contributed by atoms with Gasteiger partial charge in [-0.05, 0) is 25.8 Å². The zero-order valence-electron chi connectivity index (χ0n) is 10.1. The third kappa shape index (κ3) is 2.32. The Balaban J connectivity index is 1.88. The number of thioether (sulfide) groups is 1. The topological polar surface area (TPSA) is 41.6 Å². The number of fused-ring (bicyclic) bond motifs is 1. The first-order valence-corrected chi connectivity index (χ1v) is 7.18. The number of rotatable bonds is 2. The van der Waals surface area contributed by atoms with Crippen LogP contribution in [0.5, 0.6) is 0 Å². The highest BCUT2D eigenvalue weighted by Gasteiger charge is 2.17. The van der Waals surface area contributed by atoms with Crippen molar-refractivity contribution in [3.05, 3.63) is 18.1 Å². The molecular formula is C13H17N3S. The molecule has 0 saturated heterocycles. The fraction of sp³-hybridized carbons (Fsp3) is 0.538. The molecule has 17 heavy (non-hydrogen) atoms. The fourth-order valence-electron chi connectivity index (χ4n) is 2.48. The number of hydrogen-bond acceptors (Lipinski definition) is 3. The third-order valence-electron chi connectivity index (χ3n) is 3.35. The minimum absolute atomic E-state index is 0.747. The second-order valence-electron chi connectivity index (χ2n) is 4.77. The standard InChI is InChI=1S/C13H17N3S/c1-9-7-11-12(16-9)14-8-15-13(11)17-10-5-3-2-4-6-10/h7-8,10H,2-6H2,1H3,(H,14,15,16). The van der Waals surface area contributed by atoms with Gasteiger partial charge < -0.3 is 4.98 Å². The molecule has 0 atom stereocenters. The van der Waals surface area contributed by atoms with Crippen LogP contribution in [0.2, 0.25) is 0 Å². The summed E-state index contributed by atoms with van der Waals surface area (Å²) in [5.41, 5.74) is 2.13. The Morgan fingerprint density at radius 1 is 1.24 bits per heavy atom. The predicted molar refractivity (Wildman–Crippen MR) is 71.4 cm³/mol. The maximum Gasteiger partial charge on any atom is 0.142 e. The molecule has 2 aromatic rings. The highest BCUT2D eigenvalue weighted by molar-refractivity contribution is 8.00. The lowest BCUT2D eigenvalue weighted by molar-refractivity contribution is 0.516. The molecule has 1 N–H and O–H groups in total. The summed E-state index contributed by atoms with van der Waals surface area (Å²) in [7, 11) is 0. The van der Waals surface area contributed by atoms with Crippen LogP contribution >= 0.6 is 11.8 Å². The molecule has 1 aliphatic rings. The summed E-state index contributed by atoms with van der Waals surface area (Å²) in [4.78, 5) is 12.0. The summed E-state index contributed by atoms with van der Waals surface area (Å²) in [6.07, 6.45) is 8.48. The Morgan fingerprint density at radius 2 is 2.06 bits per heavy atom. The van der Waals surface area contributed by atoms with Crippen molar-refractivity contribution in [2.75, 3.05) is 0 Å². The molecule has 2 aromatic heterocycles. The predicted octanol–water partition coefficient (Wildman–Crippen LogP) is 3.69. The van der Waals surface area contributed by atoms with E-state index in [0.29, 0.717) is 0 Å². The Bertz CT molecular complexity index is 514. The summed E-state index contributed by atoms with van der Waals surface area (Å²) < 4.78 is 0. The van der Waals surface area contributed by atoms with Crippen molar-refractivity contribution in [1.82, 2.24) is 15.0 Å². The molecule has 3 rings (SSSR count). The van der Waals surface area contributed by atoms with E-state index in [2.05, 4.69) is 27.9 Å². The number of aryl methyl sites for hydroxylation is 1. The van der Waals surface area contributed by atoms with E-state index < -0.39 is 0 Å². The number of nitrogens with zero attached hydrogens (tertiary/aromatic N) is 2. The average molecular weight is 247 g/mol. The van der Waals surface area contributed by atoms with E-state index in [9.17, 15) is 0 Å². The zero-order valence-corrected chi connectivity index (χ0v) is 10.9. The lowest BCUT2D eigenvalue weighted by atomic mass is 10.0. The minimum atomic E-state index is 0.747. The largest absolute Gasteiger partial charge is 0.343 e. The number of hydrogen-bond donors (Lipinski definition) is 1. The van der Waals surface area contributed by atoms with Crippen LogP contribution in [-0.2, 0) is 0 Å². The Labute approximate surface area is 105 Å². The van der Waals surface area contributed by atoms with Gasteiger partial charge >= 0.3 is 0 Å². The van der Waals surface area contributed by atoms with E-state index in [1.807, 2.05) is 11.8 Å². The van der Waals surface area contributed by atoms with Gasteiger partial charge in [0.25, 0.3) is 0 Å². The van der Waals surface area contributed by atoms with Crippen molar-refractivity contribution in [2.45, 2.75) is 49.3 Å². The minimum Gasteiger partial charge on any atom is -0.343 e. The maximum absolute atomic E-state index is 4.45. The van der Waals surface area contributed by atoms with Crippen LogP contribution in [0.15, 0.2) is 17.4 Å². The molecule has 0 aromatic carbocycles. The van der Waals surface area contributed by atoms with Crippen LogP contribution in [0.25, 0.3) is 11.0 Å². The lowest BCUT2D eigenvalue weighted by Crippen LogP contribution is -2.08. The zero-order chi connectivity index (χ0) is 11.7. The van der Waals surface area contributed by atoms with Gasteiger partial charge in [-0.2, -0.15) is 0 Å². The molecule has 0 bridgehead atoms. The van der Waals surface area contributed by atoms with Gasteiger partial charge in [0, 0.05) is 10.9 Å². The molecule has 4 heteroatoms. The number of aromatic nitrogens is 3. The van der Waals surface area contributed by atoms with Gasteiger partial charge in [-0.15, -0.1) is 11.8 Å². The number of aromatic amines is 1. The summed E-state index contributed by atoms with van der Waals surface area (Å²) in [6.45, 7) is 2.07. The van der Waals surface area contributed by atoms with Crippen LogP contribution in [0.3, 0.4) is 0 Å². The second kappa shape index (κ2) is 4.69. The molecule has 1 fully saturated rings. The van der Waals surface area contributed by atoms with Crippen molar-refractivity contribution >= 4 is 22.8 Å². The van der Waals surface area contributed by atoms with Crippen LogP contribution in [0.4, 0.5) is 0 Å². The second-order valence-corrected chi connectivity index (χ2v) is 6.06. The molecule has 2 heterocycles. The summed E-state index contributed by atoms with van der Waals surface area (Å²) in [6, 6.07) is 2.15. The van der Waals surface area contributed by atoms with Crippen molar-refractivity contribution < 1.29 is 0 Å². The van der Waals surface area contributed by atoms with Gasteiger partial charge in [0.1, 0.15) is 17.0 Å². The first kappa shape index (κ1) is 11.1. The van der Waals surface area contributed by atoms with Crippen LogP contribution in [0.1, 0.15) is 37.8 Å². The lowest BCUT2D eigenvalue weighted by Gasteiger charge is -2.20. The van der Waals surface area contributed by atoms with Gasteiger partial charge in [-0.1, -0.05) is 19.3 Å². The first-order valence-electron chi connectivity index (χ1n) is 6.30. The monoisotopic (exact) mass is 247 g/mol. The Kier molecular flexibility index (Phi) is 3.05. The van der Waals surface area contributed by atoms with E-state index in [0.717, 1.165) is 21.6 Å². The van der Waals surface area contributed by atoms with E-state index in [-0.39, 0.29) is 0 Å². The number of nitrogens with one attached hydrogen (secondary N) is 1. The highest BCUT2D eigenvalue weighted by Crippen LogP contribution is 2.35. The van der Waals surface area contributed by atoms with E-state index in [1.54, 1.807) is 6.33 Å². The van der Waals surface area contributed by atoms with Gasteiger partial charge in [-0.3, -0.25) is 0 Å². The van der Waals surface area contributed by atoms with Gasteiger partial charge in [0.05, 0.1) is 5.39 Å². The van der Waals surface area contributed by atoms with Gasteiger partial charge in [-0.25, -0.2) is 9.97 Å². The fourth-order valence-corrected chi connectivity index (χ4v) is 3.76. The van der Waals surface area contributed by atoms with Crippen LogP contribution < -0.4 is 0 Å². The number of H-pyrrole nitrogens is 1. The maximum atomic E-state index is 4.45. The Morgan fingerprint density at radius 3 is 2.88 bits per heavy atom. The summed E-state index contributed by atoms with van der Waals surface area (Å²) in [5.74, 6) is 0. The SMILES string of the molecule is Cc1cc2c(SC3CCCCC3)ncnc2[nH]1. The average Bonchev–Trinajstić information content (AvgIpc) is 2.72.